The van der Waals surface area contributed by atoms with Crippen LogP contribution >= 0.6 is 12.2 Å². The van der Waals surface area contributed by atoms with Crippen molar-refractivity contribution in [1.82, 2.24) is 24.2 Å². The summed E-state index contributed by atoms with van der Waals surface area (Å²) >= 11 is 5.60. The minimum atomic E-state index is 0.362. The van der Waals surface area contributed by atoms with Gasteiger partial charge in [0.05, 0.1) is 11.7 Å². The highest BCUT2D eigenvalue weighted by molar-refractivity contribution is 7.71. The van der Waals surface area contributed by atoms with Gasteiger partial charge < -0.3 is 9.88 Å². The van der Waals surface area contributed by atoms with E-state index in [1.807, 2.05) is 11.7 Å². The summed E-state index contributed by atoms with van der Waals surface area (Å²) in [6, 6.07) is 0.362. The number of aryl methyl sites for hydroxylation is 2. The topological polar surface area (TPSA) is 41.8 Å². The third-order valence-electron chi connectivity index (χ3n) is 3.79. The molecule has 21 heavy (non-hydrogen) atoms. The van der Waals surface area contributed by atoms with Crippen LogP contribution in [0.4, 0.5) is 0 Å². The van der Waals surface area contributed by atoms with Crippen molar-refractivity contribution < 1.29 is 0 Å². The van der Waals surface area contributed by atoms with Gasteiger partial charge in [0.2, 0.25) is 0 Å². The number of H-pyrrole nitrogens is 1. The van der Waals surface area contributed by atoms with Crippen molar-refractivity contribution in [2.75, 3.05) is 20.6 Å². The fourth-order valence-electron chi connectivity index (χ4n) is 3.05. The van der Waals surface area contributed by atoms with Crippen LogP contribution in [0.15, 0.2) is 0 Å². The molecule has 0 aromatic carbocycles. The predicted molar refractivity (Wildman–Crippen MR) is 90.3 cm³/mol. The van der Waals surface area contributed by atoms with Gasteiger partial charge in [0, 0.05) is 13.6 Å². The molecule has 1 atom stereocenters. The van der Waals surface area contributed by atoms with Gasteiger partial charge in [-0.1, -0.05) is 20.8 Å². The van der Waals surface area contributed by atoms with Crippen LogP contribution in [0.25, 0.3) is 11.2 Å². The molecule has 0 aliphatic rings. The summed E-state index contributed by atoms with van der Waals surface area (Å²) in [7, 11) is 6.23. The molecule has 5 nitrogen and oxygen atoms in total. The van der Waals surface area contributed by atoms with E-state index in [0.29, 0.717) is 12.0 Å². The minimum Gasteiger partial charge on any atom is -0.328 e. The maximum absolute atomic E-state index is 5.60. The maximum Gasteiger partial charge on any atom is 0.179 e. The van der Waals surface area contributed by atoms with E-state index in [0.717, 1.165) is 41.0 Å². The lowest BCUT2D eigenvalue weighted by Crippen LogP contribution is -2.26. The highest BCUT2D eigenvalue weighted by atomic mass is 32.1. The van der Waals surface area contributed by atoms with Crippen molar-refractivity contribution in [3.8, 4) is 0 Å². The van der Waals surface area contributed by atoms with E-state index in [9.17, 15) is 0 Å². The van der Waals surface area contributed by atoms with Crippen LogP contribution in [0, 0.1) is 10.7 Å². The molecule has 6 heteroatoms. The van der Waals surface area contributed by atoms with Crippen LogP contribution in [-0.4, -0.2) is 44.9 Å². The van der Waals surface area contributed by atoms with Crippen LogP contribution in [0.1, 0.15) is 38.9 Å². The van der Waals surface area contributed by atoms with Crippen LogP contribution < -0.4 is 0 Å². The number of hydrogen-bond donors (Lipinski definition) is 1. The largest absolute Gasteiger partial charge is 0.328 e. The van der Waals surface area contributed by atoms with Gasteiger partial charge in [-0.15, -0.1) is 0 Å². The number of rotatable bonds is 6. The number of aromatic nitrogens is 4. The van der Waals surface area contributed by atoms with Crippen LogP contribution in [-0.2, 0) is 13.5 Å². The van der Waals surface area contributed by atoms with Gasteiger partial charge in [-0.05, 0) is 45.1 Å². The van der Waals surface area contributed by atoms with Crippen molar-refractivity contribution in [2.24, 2.45) is 13.0 Å². The molecule has 0 spiro atoms. The Bertz CT molecular complexity index is 651. The van der Waals surface area contributed by atoms with E-state index in [-0.39, 0.29) is 0 Å². The average Bonchev–Trinajstić information content (AvgIpc) is 2.84. The van der Waals surface area contributed by atoms with Crippen molar-refractivity contribution >= 4 is 23.4 Å². The van der Waals surface area contributed by atoms with Crippen LogP contribution in [0.5, 0.6) is 0 Å². The summed E-state index contributed by atoms with van der Waals surface area (Å²) in [6.07, 6.45) is 2.02. The Morgan fingerprint density at radius 1 is 1.33 bits per heavy atom. The van der Waals surface area contributed by atoms with E-state index in [2.05, 4.69) is 54.4 Å². The van der Waals surface area contributed by atoms with Gasteiger partial charge in [-0.25, -0.2) is 0 Å². The number of nitrogens with zero attached hydrogens (tertiary/aromatic N) is 4. The lowest BCUT2D eigenvalue weighted by molar-refractivity contribution is 0.289. The highest BCUT2D eigenvalue weighted by Gasteiger charge is 2.21. The summed E-state index contributed by atoms with van der Waals surface area (Å²) in [4.78, 5) is 5.60. The second-order valence-corrected chi connectivity index (χ2v) is 6.85. The van der Waals surface area contributed by atoms with Gasteiger partial charge in [0.15, 0.2) is 10.4 Å². The van der Waals surface area contributed by atoms with Crippen molar-refractivity contribution in [1.29, 1.82) is 0 Å². The zero-order chi connectivity index (χ0) is 15.7. The van der Waals surface area contributed by atoms with Gasteiger partial charge in [-0.3, -0.25) is 9.25 Å². The van der Waals surface area contributed by atoms with E-state index >= 15 is 0 Å². The Hall–Kier alpha value is -1.14. The molecule has 2 heterocycles. The Kier molecular flexibility index (Phi) is 4.88. The molecule has 2 rings (SSSR count). The van der Waals surface area contributed by atoms with Crippen LogP contribution in [0.2, 0.25) is 0 Å². The first-order valence-electron chi connectivity index (χ1n) is 7.65. The second-order valence-electron chi connectivity index (χ2n) is 6.47. The van der Waals surface area contributed by atoms with E-state index < -0.39 is 0 Å². The third-order valence-corrected chi connectivity index (χ3v) is 4.09. The number of fused-ring (bicyclic) bond motifs is 1. The van der Waals surface area contributed by atoms with Crippen molar-refractivity contribution in [3.63, 3.8) is 0 Å². The number of nitrogens with one attached hydrogen (secondary N) is 1. The summed E-state index contributed by atoms with van der Waals surface area (Å²) < 4.78 is 5.03. The van der Waals surface area contributed by atoms with E-state index in [1.54, 1.807) is 0 Å². The number of imidazole rings is 1. The molecule has 0 radical (unpaired) electrons. The maximum atomic E-state index is 5.60. The molecular formula is C15H27N5S. The summed E-state index contributed by atoms with van der Waals surface area (Å²) in [5.74, 6) is 0.626. The normalized spacial score (nSPS) is 13.7. The monoisotopic (exact) mass is 309 g/mol. The van der Waals surface area contributed by atoms with E-state index in [1.165, 1.54) is 0 Å². The van der Waals surface area contributed by atoms with Gasteiger partial charge in [0.25, 0.3) is 0 Å². The molecule has 118 valence electrons. The smallest absolute Gasteiger partial charge is 0.179 e. The molecule has 0 saturated heterocycles. The zero-order valence-electron chi connectivity index (χ0n) is 14.0. The number of likely N-dealkylation sites (N-methyl/N-ethyl adjacent to an activating group) is 1. The Morgan fingerprint density at radius 2 is 2.00 bits per heavy atom. The predicted octanol–water partition coefficient (Wildman–Crippen LogP) is 3.14. The molecule has 0 fully saturated rings. The number of aromatic amines is 1. The first-order valence-corrected chi connectivity index (χ1v) is 8.06. The molecule has 2 aromatic rings. The van der Waals surface area contributed by atoms with Crippen molar-refractivity contribution in [3.05, 3.63) is 10.5 Å². The molecule has 0 aliphatic carbocycles. The third kappa shape index (κ3) is 3.21. The lowest BCUT2D eigenvalue weighted by Gasteiger charge is -2.24. The van der Waals surface area contributed by atoms with Gasteiger partial charge in [-0.2, -0.15) is 5.10 Å². The molecule has 2 aromatic heterocycles. The summed E-state index contributed by atoms with van der Waals surface area (Å²) in [5, 5.41) is 4.62. The molecule has 1 N–H and O–H groups in total. The first kappa shape index (κ1) is 16.2. The van der Waals surface area contributed by atoms with Gasteiger partial charge in [0.1, 0.15) is 5.52 Å². The van der Waals surface area contributed by atoms with E-state index in [4.69, 9.17) is 12.2 Å². The Balaban J connectivity index is 2.58. The van der Waals surface area contributed by atoms with Crippen LogP contribution in [0.3, 0.4) is 0 Å². The SMILES string of the molecule is CCc1nn(C)c2c1[nH]c(=S)n2C(CC(C)C)CN(C)C. The number of hydrogen-bond acceptors (Lipinski definition) is 3. The highest BCUT2D eigenvalue weighted by Crippen LogP contribution is 2.26. The fraction of sp³-hybridized carbons (Fsp3) is 0.733. The summed E-state index contributed by atoms with van der Waals surface area (Å²) in [5.41, 5.74) is 3.30. The zero-order valence-corrected chi connectivity index (χ0v) is 14.8. The molecule has 1 unspecified atom stereocenters. The lowest BCUT2D eigenvalue weighted by atomic mass is 10.0. The Labute approximate surface area is 131 Å². The molecule has 0 aliphatic heterocycles. The van der Waals surface area contributed by atoms with Gasteiger partial charge >= 0.3 is 0 Å². The Morgan fingerprint density at radius 3 is 2.52 bits per heavy atom. The second kappa shape index (κ2) is 6.32. The standard InChI is InChI=1S/C15H27N5S/c1-7-12-13-14(19(6)17-12)20(15(21)16-13)11(8-10(2)3)9-18(4)5/h10-11H,7-9H2,1-6H3,(H,16,21). The first-order chi connectivity index (χ1) is 9.85. The molecule has 0 saturated carbocycles. The molecule has 0 bridgehead atoms. The average molecular weight is 309 g/mol. The van der Waals surface area contributed by atoms with Crippen molar-refractivity contribution in [2.45, 2.75) is 39.7 Å². The molecule has 0 amide bonds. The quantitative estimate of drug-likeness (QED) is 0.834. The molecular weight excluding hydrogens is 282 g/mol. The summed E-state index contributed by atoms with van der Waals surface area (Å²) in [6.45, 7) is 7.63. The minimum absolute atomic E-state index is 0.362. The fourth-order valence-corrected chi connectivity index (χ4v) is 3.39.